The molecular formula is C23H30N4O2. The van der Waals surface area contributed by atoms with E-state index in [1.807, 2.05) is 12.1 Å². The van der Waals surface area contributed by atoms with Gasteiger partial charge in [-0.05, 0) is 63.1 Å². The largest absolute Gasteiger partial charge is 0.397 e. The quantitative estimate of drug-likeness (QED) is 0.654. The van der Waals surface area contributed by atoms with Crippen molar-refractivity contribution in [2.24, 2.45) is 0 Å². The van der Waals surface area contributed by atoms with Crippen LogP contribution in [0.2, 0.25) is 0 Å². The molecule has 1 heterocycles. The third-order valence-electron chi connectivity index (χ3n) is 5.65. The number of anilines is 2. The third-order valence-corrected chi connectivity index (χ3v) is 5.65. The average molecular weight is 395 g/mol. The van der Waals surface area contributed by atoms with Crippen LogP contribution in [0.3, 0.4) is 0 Å². The molecule has 0 aliphatic carbocycles. The molecule has 0 aromatic heterocycles. The molecular weight excluding hydrogens is 364 g/mol. The Kier molecular flexibility index (Phi) is 6.88. The summed E-state index contributed by atoms with van der Waals surface area (Å²) in [4.78, 5) is 27.3. The molecule has 3 rings (SSSR count). The second-order valence-electron chi connectivity index (χ2n) is 7.74. The van der Waals surface area contributed by atoms with Gasteiger partial charge in [0.25, 0.3) is 11.8 Å². The van der Waals surface area contributed by atoms with E-state index in [1.165, 1.54) is 19.3 Å². The van der Waals surface area contributed by atoms with Crippen molar-refractivity contribution in [2.75, 3.05) is 24.1 Å². The molecule has 1 fully saturated rings. The van der Waals surface area contributed by atoms with Crippen LogP contribution in [-0.4, -0.2) is 41.9 Å². The van der Waals surface area contributed by atoms with Gasteiger partial charge in [-0.2, -0.15) is 0 Å². The Morgan fingerprint density at radius 2 is 1.55 bits per heavy atom. The van der Waals surface area contributed by atoms with Crippen molar-refractivity contribution >= 4 is 23.2 Å². The summed E-state index contributed by atoms with van der Waals surface area (Å²) >= 11 is 0. The number of para-hydroxylation sites is 2. The minimum atomic E-state index is -0.261. The minimum absolute atomic E-state index is 0.124. The Bertz CT molecular complexity index is 840. The first-order chi connectivity index (χ1) is 14.0. The van der Waals surface area contributed by atoms with Crippen LogP contribution >= 0.6 is 0 Å². The van der Waals surface area contributed by atoms with Gasteiger partial charge in [0.15, 0.2) is 0 Å². The smallest absolute Gasteiger partial charge is 0.255 e. The number of hydrogen-bond donors (Lipinski definition) is 3. The number of nitrogens with one attached hydrogen (secondary N) is 2. The lowest BCUT2D eigenvalue weighted by Gasteiger charge is -2.39. The molecule has 0 saturated carbocycles. The summed E-state index contributed by atoms with van der Waals surface area (Å²) in [5.41, 5.74) is 7.95. The zero-order valence-electron chi connectivity index (χ0n) is 17.2. The number of hydrogen-bond acceptors (Lipinski definition) is 4. The lowest BCUT2D eigenvalue weighted by Crippen LogP contribution is -2.47. The Morgan fingerprint density at radius 1 is 0.966 bits per heavy atom. The first kappa shape index (κ1) is 20.9. The fourth-order valence-electron chi connectivity index (χ4n) is 3.89. The molecule has 2 aromatic rings. The first-order valence-electron chi connectivity index (χ1n) is 10.3. The van der Waals surface area contributed by atoms with Gasteiger partial charge in [-0.25, -0.2) is 0 Å². The number of carbonyl (C=O) groups excluding carboxylic acids is 2. The fraction of sp³-hybridized carbons (Fsp3) is 0.391. The van der Waals surface area contributed by atoms with Crippen molar-refractivity contribution < 1.29 is 9.59 Å². The van der Waals surface area contributed by atoms with E-state index >= 15 is 0 Å². The Labute approximate surface area is 172 Å². The van der Waals surface area contributed by atoms with Gasteiger partial charge >= 0.3 is 0 Å². The van der Waals surface area contributed by atoms with Gasteiger partial charge in [-0.15, -0.1) is 0 Å². The Balaban J connectivity index is 1.52. The molecule has 2 unspecified atom stereocenters. The van der Waals surface area contributed by atoms with E-state index in [9.17, 15) is 9.59 Å². The molecule has 4 N–H and O–H groups in total. The van der Waals surface area contributed by atoms with Crippen molar-refractivity contribution in [3.63, 3.8) is 0 Å². The van der Waals surface area contributed by atoms with Crippen molar-refractivity contribution in [1.82, 2.24) is 10.2 Å². The lowest BCUT2D eigenvalue weighted by atomic mass is 9.98. The Morgan fingerprint density at radius 3 is 2.17 bits per heavy atom. The molecule has 1 saturated heterocycles. The molecule has 1 aliphatic rings. The Hall–Kier alpha value is -2.86. The standard InChI is InChI=1S/C23H30N4O2/c1-16-6-5-7-17(2)27(16)15-14-25-22(28)18-10-12-19(13-11-18)23(29)26-21-9-4-3-8-20(21)24/h3-4,8-13,16-17H,5-7,14-15,24H2,1-2H3,(H,25,28)(H,26,29). The number of nitrogens with zero attached hydrogens (tertiary/aromatic N) is 1. The van der Waals surface area contributed by atoms with E-state index in [2.05, 4.69) is 29.4 Å². The number of amides is 2. The fourth-order valence-corrected chi connectivity index (χ4v) is 3.89. The summed E-state index contributed by atoms with van der Waals surface area (Å²) < 4.78 is 0. The predicted octanol–water partition coefficient (Wildman–Crippen LogP) is 3.51. The number of likely N-dealkylation sites (tertiary alicyclic amines) is 1. The molecule has 1 aliphatic heterocycles. The maximum atomic E-state index is 12.4. The van der Waals surface area contributed by atoms with Crippen LogP contribution in [0.25, 0.3) is 0 Å². The summed E-state index contributed by atoms with van der Waals surface area (Å²) in [5.74, 6) is -0.385. The SMILES string of the molecule is CC1CCCC(C)N1CCNC(=O)c1ccc(C(=O)Nc2ccccc2N)cc1. The minimum Gasteiger partial charge on any atom is -0.397 e. The second-order valence-corrected chi connectivity index (χ2v) is 7.74. The molecule has 154 valence electrons. The monoisotopic (exact) mass is 394 g/mol. The van der Waals surface area contributed by atoms with Crippen LogP contribution in [0, 0.1) is 0 Å². The molecule has 2 amide bonds. The normalized spacial score (nSPS) is 19.5. The van der Waals surface area contributed by atoms with Gasteiger partial charge in [-0.1, -0.05) is 18.6 Å². The molecule has 0 bridgehead atoms. The van der Waals surface area contributed by atoms with Crippen LogP contribution in [0.15, 0.2) is 48.5 Å². The highest BCUT2D eigenvalue weighted by atomic mass is 16.2. The average Bonchev–Trinajstić information content (AvgIpc) is 2.72. The van der Waals surface area contributed by atoms with Gasteiger partial charge in [0, 0.05) is 36.3 Å². The number of carbonyl (C=O) groups is 2. The van der Waals surface area contributed by atoms with Crippen LogP contribution in [-0.2, 0) is 0 Å². The summed E-state index contributed by atoms with van der Waals surface area (Å²) in [5, 5.41) is 5.77. The van der Waals surface area contributed by atoms with Gasteiger partial charge in [0.05, 0.1) is 11.4 Å². The molecule has 2 aromatic carbocycles. The van der Waals surface area contributed by atoms with Crippen molar-refractivity contribution in [1.29, 1.82) is 0 Å². The van der Waals surface area contributed by atoms with Crippen molar-refractivity contribution in [3.05, 3.63) is 59.7 Å². The van der Waals surface area contributed by atoms with Crippen molar-refractivity contribution in [3.8, 4) is 0 Å². The van der Waals surface area contributed by atoms with E-state index in [0.717, 1.165) is 6.54 Å². The van der Waals surface area contributed by atoms with Crippen LogP contribution < -0.4 is 16.4 Å². The van der Waals surface area contributed by atoms with E-state index in [1.54, 1.807) is 36.4 Å². The van der Waals surface area contributed by atoms with E-state index < -0.39 is 0 Å². The van der Waals surface area contributed by atoms with Gasteiger partial charge in [-0.3, -0.25) is 14.5 Å². The van der Waals surface area contributed by atoms with Crippen molar-refractivity contribution in [2.45, 2.75) is 45.2 Å². The van der Waals surface area contributed by atoms with E-state index in [4.69, 9.17) is 5.73 Å². The van der Waals surface area contributed by atoms with E-state index in [-0.39, 0.29) is 11.8 Å². The highest BCUT2D eigenvalue weighted by Gasteiger charge is 2.24. The van der Waals surface area contributed by atoms with Gasteiger partial charge in [0.1, 0.15) is 0 Å². The first-order valence-corrected chi connectivity index (χ1v) is 10.3. The molecule has 6 heteroatoms. The zero-order valence-corrected chi connectivity index (χ0v) is 17.2. The predicted molar refractivity (Wildman–Crippen MR) is 117 cm³/mol. The van der Waals surface area contributed by atoms with Crippen LogP contribution in [0.5, 0.6) is 0 Å². The molecule has 2 atom stereocenters. The molecule has 0 spiro atoms. The van der Waals surface area contributed by atoms with Gasteiger partial charge in [0.2, 0.25) is 0 Å². The highest BCUT2D eigenvalue weighted by molar-refractivity contribution is 6.06. The number of piperidine rings is 1. The number of benzene rings is 2. The molecule has 29 heavy (non-hydrogen) atoms. The summed E-state index contributed by atoms with van der Waals surface area (Å²) in [7, 11) is 0. The lowest BCUT2D eigenvalue weighted by molar-refractivity contribution is 0.0888. The number of nitrogen functional groups attached to an aromatic ring is 1. The highest BCUT2D eigenvalue weighted by Crippen LogP contribution is 2.21. The molecule has 0 radical (unpaired) electrons. The topological polar surface area (TPSA) is 87.5 Å². The summed E-state index contributed by atoms with van der Waals surface area (Å²) in [6.45, 7) is 5.98. The third kappa shape index (κ3) is 5.35. The number of rotatable bonds is 6. The summed E-state index contributed by atoms with van der Waals surface area (Å²) in [6.07, 6.45) is 3.72. The maximum absolute atomic E-state index is 12.4. The summed E-state index contributed by atoms with van der Waals surface area (Å²) in [6, 6.07) is 14.9. The van der Waals surface area contributed by atoms with Gasteiger partial charge < -0.3 is 16.4 Å². The number of nitrogens with two attached hydrogens (primary N) is 1. The van der Waals surface area contributed by atoms with Crippen LogP contribution in [0.4, 0.5) is 11.4 Å². The zero-order chi connectivity index (χ0) is 20.8. The maximum Gasteiger partial charge on any atom is 0.255 e. The van der Waals surface area contributed by atoms with E-state index in [0.29, 0.717) is 41.1 Å². The molecule has 6 nitrogen and oxygen atoms in total. The van der Waals surface area contributed by atoms with Crippen LogP contribution in [0.1, 0.15) is 53.8 Å². The second kappa shape index (κ2) is 9.56.